The summed E-state index contributed by atoms with van der Waals surface area (Å²) in [4.78, 5) is 33.6. The minimum atomic E-state index is -3.03. The largest absolute Gasteiger partial charge is 0.456 e. The lowest BCUT2D eigenvalue weighted by Crippen LogP contribution is -2.26. The van der Waals surface area contributed by atoms with Gasteiger partial charge in [0.2, 0.25) is 5.91 Å². The SMILES string of the molecule is CC(=O)NCCC(=O)OCC(=O)Nc1ccccc1OC(F)F. The van der Waals surface area contributed by atoms with Crippen molar-refractivity contribution in [3.63, 3.8) is 0 Å². The number of ether oxygens (including phenoxy) is 2. The zero-order chi connectivity index (χ0) is 17.2. The average Bonchev–Trinajstić information content (AvgIpc) is 2.46. The molecule has 0 heterocycles. The Kier molecular flexibility index (Phi) is 7.44. The van der Waals surface area contributed by atoms with E-state index in [0.29, 0.717) is 0 Å². The van der Waals surface area contributed by atoms with Gasteiger partial charge in [0.25, 0.3) is 5.91 Å². The van der Waals surface area contributed by atoms with Crippen molar-refractivity contribution >= 4 is 23.5 Å². The van der Waals surface area contributed by atoms with Crippen molar-refractivity contribution in [2.75, 3.05) is 18.5 Å². The van der Waals surface area contributed by atoms with E-state index in [1.54, 1.807) is 0 Å². The molecule has 1 aromatic rings. The minimum Gasteiger partial charge on any atom is -0.456 e. The molecule has 126 valence electrons. The zero-order valence-electron chi connectivity index (χ0n) is 12.3. The van der Waals surface area contributed by atoms with Gasteiger partial charge in [0, 0.05) is 13.5 Å². The quantitative estimate of drug-likeness (QED) is 0.701. The zero-order valence-corrected chi connectivity index (χ0v) is 12.3. The highest BCUT2D eigenvalue weighted by atomic mass is 19.3. The lowest BCUT2D eigenvalue weighted by molar-refractivity contribution is -0.147. The molecule has 9 heteroatoms. The van der Waals surface area contributed by atoms with Crippen LogP contribution in [0.5, 0.6) is 5.75 Å². The molecule has 0 fully saturated rings. The molecular weight excluding hydrogens is 314 g/mol. The number of amides is 2. The van der Waals surface area contributed by atoms with Crippen molar-refractivity contribution < 1.29 is 32.6 Å². The van der Waals surface area contributed by atoms with E-state index < -0.39 is 25.1 Å². The fraction of sp³-hybridized carbons (Fsp3) is 0.357. The van der Waals surface area contributed by atoms with Crippen molar-refractivity contribution in [1.29, 1.82) is 0 Å². The summed E-state index contributed by atoms with van der Waals surface area (Å²) in [6, 6.07) is 5.62. The number of esters is 1. The first-order valence-corrected chi connectivity index (χ1v) is 6.62. The Morgan fingerprint density at radius 1 is 1.22 bits per heavy atom. The van der Waals surface area contributed by atoms with E-state index in [0.717, 1.165) is 0 Å². The second-order valence-corrected chi connectivity index (χ2v) is 4.32. The molecule has 0 aliphatic heterocycles. The van der Waals surface area contributed by atoms with Crippen molar-refractivity contribution in [1.82, 2.24) is 5.32 Å². The summed E-state index contributed by atoms with van der Waals surface area (Å²) in [6.07, 6.45) is -0.0854. The molecule has 0 aliphatic carbocycles. The number of para-hydroxylation sites is 2. The lowest BCUT2D eigenvalue weighted by atomic mass is 10.3. The van der Waals surface area contributed by atoms with E-state index >= 15 is 0 Å². The van der Waals surface area contributed by atoms with Gasteiger partial charge in [0.05, 0.1) is 12.1 Å². The number of benzene rings is 1. The number of hydrogen-bond acceptors (Lipinski definition) is 5. The van der Waals surface area contributed by atoms with Gasteiger partial charge in [0.1, 0.15) is 5.75 Å². The molecule has 1 rings (SSSR count). The molecule has 2 N–H and O–H groups in total. The fourth-order valence-electron chi connectivity index (χ4n) is 1.51. The molecule has 0 atom stereocenters. The number of rotatable bonds is 8. The molecule has 2 amide bonds. The van der Waals surface area contributed by atoms with Crippen LogP contribution < -0.4 is 15.4 Å². The van der Waals surface area contributed by atoms with Crippen LogP contribution in [0.15, 0.2) is 24.3 Å². The normalized spacial score (nSPS) is 10.1. The second kappa shape index (κ2) is 9.34. The average molecular weight is 330 g/mol. The number of alkyl halides is 2. The Morgan fingerprint density at radius 2 is 1.91 bits per heavy atom. The van der Waals surface area contributed by atoms with Crippen molar-refractivity contribution in [3.8, 4) is 5.75 Å². The van der Waals surface area contributed by atoms with Crippen LogP contribution in [0.1, 0.15) is 13.3 Å². The topological polar surface area (TPSA) is 93.7 Å². The third-order valence-electron chi connectivity index (χ3n) is 2.44. The Hall–Kier alpha value is -2.71. The van der Waals surface area contributed by atoms with Gasteiger partial charge in [-0.3, -0.25) is 14.4 Å². The molecule has 0 aliphatic rings. The van der Waals surface area contributed by atoms with Crippen LogP contribution in [-0.4, -0.2) is 37.5 Å². The molecule has 0 saturated heterocycles. The highest BCUT2D eigenvalue weighted by Gasteiger charge is 2.13. The van der Waals surface area contributed by atoms with Gasteiger partial charge in [-0.05, 0) is 12.1 Å². The Bertz CT molecular complexity index is 566. The van der Waals surface area contributed by atoms with E-state index in [1.165, 1.54) is 31.2 Å². The van der Waals surface area contributed by atoms with Gasteiger partial charge in [-0.2, -0.15) is 8.78 Å². The van der Waals surface area contributed by atoms with Crippen LogP contribution >= 0.6 is 0 Å². The van der Waals surface area contributed by atoms with E-state index in [1.807, 2.05) is 0 Å². The van der Waals surface area contributed by atoms with Crippen LogP contribution in [0, 0.1) is 0 Å². The van der Waals surface area contributed by atoms with Gasteiger partial charge >= 0.3 is 12.6 Å². The summed E-state index contributed by atoms with van der Waals surface area (Å²) < 4.78 is 33.4. The third kappa shape index (κ3) is 7.74. The molecule has 0 saturated carbocycles. The first kappa shape index (κ1) is 18.3. The van der Waals surface area contributed by atoms with Crippen molar-refractivity contribution in [3.05, 3.63) is 24.3 Å². The molecule has 0 unspecified atom stereocenters. The minimum absolute atomic E-state index is 0.0343. The van der Waals surface area contributed by atoms with Crippen LogP contribution in [-0.2, 0) is 19.1 Å². The Labute approximate surface area is 130 Å². The molecular formula is C14H16F2N2O5. The summed E-state index contributed by atoms with van der Waals surface area (Å²) in [5.41, 5.74) is 0.0343. The van der Waals surface area contributed by atoms with Gasteiger partial charge in [0.15, 0.2) is 6.61 Å². The maximum Gasteiger partial charge on any atom is 0.387 e. The molecule has 0 bridgehead atoms. The highest BCUT2D eigenvalue weighted by molar-refractivity contribution is 5.94. The third-order valence-corrected chi connectivity index (χ3v) is 2.44. The number of anilines is 1. The molecule has 0 aromatic heterocycles. The van der Waals surface area contributed by atoms with E-state index in [-0.39, 0.29) is 30.3 Å². The number of carbonyl (C=O) groups is 3. The maximum absolute atomic E-state index is 12.2. The van der Waals surface area contributed by atoms with Crippen LogP contribution in [0.3, 0.4) is 0 Å². The summed E-state index contributed by atoms with van der Waals surface area (Å²) in [5, 5.41) is 4.70. The molecule has 7 nitrogen and oxygen atoms in total. The van der Waals surface area contributed by atoms with Crippen LogP contribution in [0.4, 0.5) is 14.5 Å². The predicted molar refractivity (Wildman–Crippen MR) is 76.0 cm³/mol. The Balaban J connectivity index is 2.42. The fourth-order valence-corrected chi connectivity index (χ4v) is 1.51. The predicted octanol–water partition coefficient (Wildman–Crippen LogP) is 1.30. The summed E-state index contributed by atoms with van der Waals surface area (Å²) in [6.45, 7) is -2.21. The number of carbonyl (C=O) groups excluding carboxylic acids is 3. The highest BCUT2D eigenvalue weighted by Crippen LogP contribution is 2.25. The van der Waals surface area contributed by atoms with Gasteiger partial charge in [-0.25, -0.2) is 0 Å². The number of hydrogen-bond donors (Lipinski definition) is 2. The van der Waals surface area contributed by atoms with Gasteiger partial charge < -0.3 is 20.1 Å². The summed E-state index contributed by atoms with van der Waals surface area (Å²) in [7, 11) is 0. The summed E-state index contributed by atoms with van der Waals surface area (Å²) >= 11 is 0. The Morgan fingerprint density at radius 3 is 2.57 bits per heavy atom. The van der Waals surface area contributed by atoms with Crippen LogP contribution in [0.25, 0.3) is 0 Å². The first-order valence-electron chi connectivity index (χ1n) is 6.62. The van der Waals surface area contributed by atoms with Crippen molar-refractivity contribution in [2.45, 2.75) is 20.0 Å². The molecule has 0 radical (unpaired) electrons. The second-order valence-electron chi connectivity index (χ2n) is 4.32. The van der Waals surface area contributed by atoms with Gasteiger partial charge in [-0.15, -0.1) is 0 Å². The van der Waals surface area contributed by atoms with E-state index in [9.17, 15) is 23.2 Å². The molecule has 0 spiro atoms. The first-order chi connectivity index (χ1) is 10.9. The standard InChI is InChI=1S/C14H16F2N2O5/c1-9(19)17-7-6-13(21)22-8-12(20)18-10-4-2-3-5-11(10)23-14(15)16/h2-5,14H,6-8H2,1H3,(H,17,19)(H,18,20). The van der Waals surface area contributed by atoms with E-state index in [2.05, 4.69) is 20.1 Å². The monoisotopic (exact) mass is 330 g/mol. The smallest absolute Gasteiger partial charge is 0.387 e. The molecule has 1 aromatic carbocycles. The number of nitrogens with one attached hydrogen (secondary N) is 2. The van der Waals surface area contributed by atoms with Crippen molar-refractivity contribution in [2.24, 2.45) is 0 Å². The number of halogens is 2. The molecule has 23 heavy (non-hydrogen) atoms. The maximum atomic E-state index is 12.2. The van der Waals surface area contributed by atoms with E-state index in [4.69, 9.17) is 0 Å². The lowest BCUT2D eigenvalue weighted by Gasteiger charge is -2.11. The van der Waals surface area contributed by atoms with Gasteiger partial charge in [-0.1, -0.05) is 12.1 Å². The van der Waals surface area contributed by atoms with Crippen LogP contribution in [0.2, 0.25) is 0 Å². The summed E-state index contributed by atoms with van der Waals surface area (Å²) in [5.74, 6) is -1.87.